The Bertz CT molecular complexity index is 929. The lowest BCUT2D eigenvalue weighted by Crippen LogP contribution is -2.30. The van der Waals surface area contributed by atoms with Crippen LogP contribution in [-0.4, -0.2) is 29.8 Å². The fourth-order valence-corrected chi connectivity index (χ4v) is 5.30. The molecular formula is C22H23N3O2S. The number of hydrogen-bond acceptors (Lipinski definition) is 4. The second kappa shape index (κ2) is 8.15. The molecule has 1 N–H and O–H groups in total. The molecule has 0 bridgehead atoms. The van der Waals surface area contributed by atoms with Crippen LogP contribution in [-0.2, 0) is 28.9 Å². The van der Waals surface area contributed by atoms with Gasteiger partial charge in [-0.3, -0.25) is 9.59 Å². The molecule has 28 heavy (non-hydrogen) atoms. The summed E-state index contributed by atoms with van der Waals surface area (Å²) in [5, 5.41) is 13.2. The van der Waals surface area contributed by atoms with E-state index in [1.54, 1.807) is 4.90 Å². The van der Waals surface area contributed by atoms with E-state index >= 15 is 0 Å². The van der Waals surface area contributed by atoms with Crippen molar-refractivity contribution in [2.75, 3.05) is 18.4 Å². The lowest BCUT2D eigenvalue weighted by Gasteiger charge is -2.16. The molecule has 6 heteroatoms. The van der Waals surface area contributed by atoms with E-state index in [9.17, 15) is 14.9 Å². The first-order valence-electron chi connectivity index (χ1n) is 9.83. The first kappa shape index (κ1) is 18.7. The summed E-state index contributed by atoms with van der Waals surface area (Å²) in [4.78, 5) is 28.1. The van der Waals surface area contributed by atoms with Gasteiger partial charge in [-0.1, -0.05) is 30.3 Å². The first-order valence-corrected chi connectivity index (χ1v) is 10.6. The quantitative estimate of drug-likeness (QED) is 0.845. The predicted octanol–water partition coefficient (Wildman–Crippen LogP) is 3.53. The number of amides is 2. The van der Waals surface area contributed by atoms with Crippen LogP contribution >= 0.6 is 11.3 Å². The van der Waals surface area contributed by atoms with E-state index in [0.29, 0.717) is 23.7 Å². The number of nitrogens with zero attached hydrogens (tertiary/aromatic N) is 2. The van der Waals surface area contributed by atoms with E-state index < -0.39 is 0 Å². The third kappa shape index (κ3) is 3.81. The van der Waals surface area contributed by atoms with Crippen LogP contribution in [0.1, 0.15) is 40.8 Å². The molecule has 5 nitrogen and oxygen atoms in total. The standard InChI is InChI=1S/C22H23N3O2S/c23-13-18-17-8-4-5-9-19(17)28-22(18)24-21(27)16-12-20(26)25(14-16)11-10-15-6-2-1-3-7-15/h1-3,6-7,16H,4-5,8-12,14H2,(H,24,27). The topological polar surface area (TPSA) is 73.2 Å². The lowest BCUT2D eigenvalue weighted by atomic mass is 9.96. The molecule has 2 heterocycles. The summed E-state index contributed by atoms with van der Waals surface area (Å²) in [5.74, 6) is -0.471. The molecule has 1 aliphatic heterocycles. The van der Waals surface area contributed by atoms with Crippen LogP contribution in [0.3, 0.4) is 0 Å². The van der Waals surface area contributed by atoms with Crippen LogP contribution in [0.25, 0.3) is 0 Å². The van der Waals surface area contributed by atoms with Gasteiger partial charge in [-0.05, 0) is 43.2 Å². The van der Waals surface area contributed by atoms with Gasteiger partial charge in [-0.15, -0.1) is 11.3 Å². The highest BCUT2D eigenvalue weighted by Crippen LogP contribution is 2.38. The van der Waals surface area contributed by atoms with Crippen molar-refractivity contribution in [2.24, 2.45) is 5.92 Å². The summed E-state index contributed by atoms with van der Waals surface area (Å²) in [6.45, 7) is 1.08. The summed E-state index contributed by atoms with van der Waals surface area (Å²) in [6, 6.07) is 12.3. The van der Waals surface area contributed by atoms with E-state index in [1.165, 1.54) is 21.8 Å². The number of nitriles is 1. The zero-order chi connectivity index (χ0) is 19.5. The number of carbonyl (C=O) groups excluding carboxylic acids is 2. The molecule has 0 saturated carbocycles. The molecular weight excluding hydrogens is 370 g/mol. The minimum absolute atomic E-state index is 0.0297. The minimum Gasteiger partial charge on any atom is -0.342 e. The van der Waals surface area contributed by atoms with Gasteiger partial charge in [0.05, 0.1) is 11.5 Å². The van der Waals surface area contributed by atoms with Crippen molar-refractivity contribution in [1.29, 1.82) is 5.26 Å². The molecule has 0 radical (unpaired) electrons. The highest BCUT2D eigenvalue weighted by Gasteiger charge is 2.35. The van der Waals surface area contributed by atoms with E-state index in [-0.39, 0.29) is 24.2 Å². The molecule has 144 valence electrons. The second-order valence-electron chi connectivity index (χ2n) is 7.49. The fraction of sp³-hybridized carbons (Fsp3) is 0.409. The largest absolute Gasteiger partial charge is 0.342 e. The number of anilines is 1. The van der Waals surface area contributed by atoms with Gasteiger partial charge in [0.25, 0.3) is 0 Å². The van der Waals surface area contributed by atoms with Crippen LogP contribution < -0.4 is 5.32 Å². The number of carbonyl (C=O) groups is 2. The number of rotatable bonds is 5. The van der Waals surface area contributed by atoms with Crippen LogP contribution in [0.4, 0.5) is 5.00 Å². The molecule has 1 aliphatic carbocycles. The smallest absolute Gasteiger partial charge is 0.230 e. The van der Waals surface area contributed by atoms with Crippen molar-refractivity contribution in [1.82, 2.24) is 4.90 Å². The third-order valence-corrected chi connectivity index (χ3v) is 6.83. The Hall–Kier alpha value is -2.65. The second-order valence-corrected chi connectivity index (χ2v) is 8.60. The SMILES string of the molecule is N#Cc1c(NC(=O)C2CC(=O)N(CCc3ccccc3)C2)sc2c1CCCC2. The van der Waals surface area contributed by atoms with Crippen molar-refractivity contribution >= 4 is 28.2 Å². The Labute approximate surface area is 169 Å². The van der Waals surface area contributed by atoms with Crippen molar-refractivity contribution in [3.63, 3.8) is 0 Å². The Balaban J connectivity index is 1.39. The zero-order valence-electron chi connectivity index (χ0n) is 15.7. The lowest BCUT2D eigenvalue weighted by molar-refractivity contribution is -0.128. The van der Waals surface area contributed by atoms with E-state index in [0.717, 1.165) is 37.7 Å². The Kier molecular flexibility index (Phi) is 5.45. The molecule has 1 fully saturated rings. The maximum Gasteiger partial charge on any atom is 0.230 e. The maximum atomic E-state index is 12.8. The van der Waals surface area contributed by atoms with Crippen molar-refractivity contribution in [2.45, 2.75) is 38.5 Å². The molecule has 0 spiro atoms. The number of benzene rings is 1. The van der Waals surface area contributed by atoms with E-state index in [1.807, 2.05) is 30.3 Å². The first-order chi connectivity index (χ1) is 13.7. The average molecular weight is 394 g/mol. The van der Waals surface area contributed by atoms with E-state index in [4.69, 9.17) is 0 Å². The molecule has 1 aromatic heterocycles. The normalized spacial score (nSPS) is 18.6. The molecule has 1 saturated heterocycles. The highest BCUT2D eigenvalue weighted by atomic mass is 32.1. The number of aryl methyl sites for hydroxylation is 1. The van der Waals surface area contributed by atoms with Crippen molar-refractivity contribution in [3.8, 4) is 6.07 Å². The average Bonchev–Trinajstić information content (AvgIpc) is 3.26. The number of hydrogen-bond donors (Lipinski definition) is 1. The number of thiophene rings is 1. The summed E-state index contributed by atoms with van der Waals surface area (Å²) in [6.07, 6.45) is 5.17. The Morgan fingerprint density at radius 1 is 1.25 bits per heavy atom. The predicted molar refractivity (Wildman–Crippen MR) is 109 cm³/mol. The van der Waals surface area contributed by atoms with Crippen LogP contribution in [0.2, 0.25) is 0 Å². The molecule has 1 unspecified atom stereocenters. The molecule has 1 aromatic carbocycles. The minimum atomic E-state index is -0.353. The van der Waals surface area contributed by atoms with Gasteiger partial charge in [-0.25, -0.2) is 0 Å². The zero-order valence-corrected chi connectivity index (χ0v) is 16.6. The van der Waals surface area contributed by atoms with Gasteiger partial charge in [0.1, 0.15) is 11.1 Å². The summed E-state index contributed by atoms with van der Waals surface area (Å²) < 4.78 is 0. The van der Waals surface area contributed by atoms with Crippen LogP contribution in [0, 0.1) is 17.2 Å². The molecule has 1 atom stereocenters. The monoisotopic (exact) mass is 393 g/mol. The Morgan fingerprint density at radius 3 is 2.82 bits per heavy atom. The molecule has 2 aromatic rings. The highest BCUT2D eigenvalue weighted by molar-refractivity contribution is 7.16. The van der Waals surface area contributed by atoms with Gasteiger partial charge >= 0.3 is 0 Å². The van der Waals surface area contributed by atoms with Crippen molar-refractivity contribution < 1.29 is 9.59 Å². The van der Waals surface area contributed by atoms with Gasteiger partial charge < -0.3 is 10.2 Å². The number of fused-ring (bicyclic) bond motifs is 1. The van der Waals surface area contributed by atoms with Crippen molar-refractivity contribution in [3.05, 3.63) is 51.9 Å². The fourth-order valence-electron chi connectivity index (χ4n) is 4.06. The van der Waals surface area contributed by atoms with Crippen LogP contribution in [0.15, 0.2) is 30.3 Å². The van der Waals surface area contributed by atoms with E-state index in [2.05, 4.69) is 11.4 Å². The Morgan fingerprint density at radius 2 is 2.04 bits per heavy atom. The molecule has 2 aliphatic rings. The molecule has 4 rings (SSSR count). The molecule has 2 amide bonds. The van der Waals surface area contributed by atoms with Gasteiger partial charge in [0.15, 0.2) is 0 Å². The maximum absolute atomic E-state index is 12.8. The van der Waals surface area contributed by atoms with Crippen LogP contribution in [0.5, 0.6) is 0 Å². The van der Waals surface area contributed by atoms with Gasteiger partial charge in [0, 0.05) is 24.4 Å². The third-order valence-electron chi connectivity index (χ3n) is 5.62. The summed E-state index contributed by atoms with van der Waals surface area (Å²) >= 11 is 1.53. The number of nitrogens with one attached hydrogen (secondary N) is 1. The van der Waals surface area contributed by atoms with Gasteiger partial charge in [-0.2, -0.15) is 5.26 Å². The summed E-state index contributed by atoms with van der Waals surface area (Å²) in [5.41, 5.74) is 2.92. The number of likely N-dealkylation sites (tertiary alicyclic amines) is 1. The van der Waals surface area contributed by atoms with Gasteiger partial charge in [0.2, 0.25) is 11.8 Å². The summed E-state index contributed by atoms with van der Waals surface area (Å²) in [7, 11) is 0.